The van der Waals surface area contributed by atoms with Crippen LogP contribution in [0.15, 0.2) is 66.7 Å². The highest BCUT2D eigenvalue weighted by Gasteiger charge is 2.78. The van der Waals surface area contributed by atoms with Gasteiger partial charge in [0.1, 0.15) is 29.1 Å². The van der Waals surface area contributed by atoms with Gasteiger partial charge in [-0.3, -0.25) is 4.79 Å². The van der Waals surface area contributed by atoms with Gasteiger partial charge in [0, 0.05) is 24.6 Å². The van der Waals surface area contributed by atoms with Gasteiger partial charge in [-0.2, -0.15) is 0 Å². The van der Waals surface area contributed by atoms with Crippen molar-refractivity contribution in [2.75, 3.05) is 34.5 Å². The molecular weight excluding hydrogens is 474 g/mol. The summed E-state index contributed by atoms with van der Waals surface area (Å²) in [5.41, 5.74) is -1.22. The number of methoxy groups -OCH3 is 3. The molecule has 8 nitrogen and oxygen atoms in total. The molecule has 1 amide bonds. The topological polar surface area (TPSA) is 95.5 Å². The summed E-state index contributed by atoms with van der Waals surface area (Å²) in [6.45, 7) is 0.607. The molecule has 3 aromatic rings. The molecule has 2 N–H and O–H groups in total. The van der Waals surface area contributed by atoms with Gasteiger partial charge in [-0.25, -0.2) is 0 Å². The third-order valence-corrected chi connectivity index (χ3v) is 7.93. The van der Waals surface area contributed by atoms with Crippen molar-refractivity contribution in [3.05, 3.63) is 83.4 Å². The van der Waals surface area contributed by atoms with E-state index in [2.05, 4.69) is 5.32 Å². The van der Waals surface area contributed by atoms with Gasteiger partial charge in [-0.15, -0.1) is 0 Å². The molecule has 0 bridgehead atoms. The molecule has 192 valence electrons. The second-order valence-electron chi connectivity index (χ2n) is 9.53. The van der Waals surface area contributed by atoms with Crippen LogP contribution in [0, 0.1) is 5.92 Å². The first-order chi connectivity index (χ1) is 18.0. The van der Waals surface area contributed by atoms with Crippen LogP contribution in [0.5, 0.6) is 23.0 Å². The van der Waals surface area contributed by atoms with Gasteiger partial charge in [-0.1, -0.05) is 42.5 Å². The summed E-state index contributed by atoms with van der Waals surface area (Å²) in [6, 6.07) is 20.5. The SMILES string of the molecule is COc1ccc([C@@]23Oc4cc(OC)cc(OC)c4[C@]2(O)C2OCCNC(=O)C2[C@H]3c2ccccc2)cc1. The zero-order valence-corrected chi connectivity index (χ0v) is 20.9. The molecule has 1 saturated heterocycles. The van der Waals surface area contributed by atoms with Crippen molar-refractivity contribution >= 4 is 5.91 Å². The van der Waals surface area contributed by atoms with Crippen LogP contribution >= 0.6 is 0 Å². The number of carbonyl (C=O) groups is 1. The Morgan fingerprint density at radius 2 is 1.68 bits per heavy atom. The maximum atomic E-state index is 13.7. The van der Waals surface area contributed by atoms with Gasteiger partial charge in [-0.05, 0) is 23.3 Å². The minimum atomic E-state index is -1.78. The number of hydrogen-bond donors (Lipinski definition) is 2. The predicted molar refractivity (Wildman–Crippen MR) is 134 cm³/mol. The molecule has 2 heterocycles. The standard InChI is InChI=1S/C29H29NO7/c1-33-19-11-9-18(10-12-19)29-24(17-7-5-4-6-8-17)23-26(36-14-13-30-27(23)31)28(29,32)25-21(35-3)15-20(34-2)16-22(25)37-29/h4-12,15-16,23-24,26,32H,13-14H2,1-3H3,(H,30,31)/t23?,24-,26?,28+,29+/m1/s1. The zero-order chi connectivity index (χ0) is 25.8. The molecule has 37 heavy (non-hydrogen) atoms. The number of hydrogen-bond acceptors (Lipinski definition) is 7. The summed E-state index contributed by atoms with van der Waals surface area (Å²) in [5, 5.41) is 16.1. The third-order valence-electron chi connectivity index (χ3n) is 7.93. The van der Waals surface area contributed by atoms with Gasteiger partial charge in [0.15, 0.2) is 11.2 Å². The number of benzene rings is 3. The molecule has 2 fully saturated rings. The van der Waals surface area contributed by atoms with Gasteiger partial charge in [0.2, 0.25) is 5.91 Å². The van der Waals surface area contributed by atoms with Crippen molar-refractivity contribution in [3.8, 4) is 23.0 Å². The van der Waals surface area contributed by atoms with Crippen LogP contribution in [-0.4, -0.2) is 51.6 Å². The molecule has 8 heteroatoms. The normalized spacial score (nSPS) is 29.7. The number of fused-ring (bicyclic) bond motifs is 5. The lowest BCUT2D eigenvalue weighted by Gasteiger charge is -2.41. The highest BCUT2D eigenvalue weighted by atomic mass is 16.6. The molecule has 0 aromatic heterocycles. The molecule has 3 aliphatic rings. The van der Waals surface area contributed by atoms with E-state index in [1.54, 1.807) is 26.4 Å². The lowest BCUT2D eigenvalue weighted by molar-refractivity contribution is -0.167. The molecule has 1 aliphatic carbocycles. The first-order valence-electron chi connectivity index (χ1n) is 12.3. The molecule has 5 atom stereocenters. The number of amides is 1. The molecule has 6 rings (SSSR count). The fourth-order valence-corrected chi connectivity index (χ4v) is 6.47. The highest BCUT2D eigenvalue weighted by molar-refractivity contribution is 5.83. The van der Waals surface area contributed by atoms with Crippen LogP contribution in [0.4, 0.5) is 0 Å². The number of rotatable bonds is 5. The van der Waals surface area contributed by atoms with Gasteiger partial charge in [0.25, 0.3) is 0 Å². The Bertz CT molecular complexity index is 1330. The van der Waals surface area contributed by atoms with Crippen LogP contribution in [0.2, 0.25) is 0 Å². The minimum Gasteiger partial charge on any atom is -0.497 e. The van der Waals surface area contributed by atoms with Crippen LogP contribution in [0.1, 0.15) is 22.6 Å². The van der Waals surface area contributed by atoms with Crippen molar-refractivity contribution in [1.29, 1.82) is 0 Å². The molecule has 0 spiro atoms. The van der Waals surface area contributed by atoms with Crippen LogP contribution in [0.3, 0.4) is 0 Å². The van der Waals surface area contributed by atoms with Crippen molar-refractivity contribution in [1.82, 2.24) is 5.32 Å². The Kier molecular flexibility index (Phi) is 5.54. The highest BCUT2D eigenvalue weighted by Crippen LogP contribution is 2.71. The Balaban J connectivity index is 1.71. The maximum Gasteiger partial charge on any atom is 0.226 e. The Hall–Kier alpha value is -3.75. The molecule has 0 radical (unpaired) electrons. The van der Waals surface area contributed by atoms with Crippen LogP contribution < -0.4 is 24.3 Å². The van der Waals surface area contributed by atoms with Gasteiger partial charge >= 0.3 is 0 Å². The monoisotopic (exact) mass is 503 g/mol. The third kappa shape index (κ3) is 3.12. The molecule has 2 unspecified atom stereocenters. The minimum absolute atomic E-state index is 0.190. The van der Waals surface area contributed by atoms with E-state index >= 15 is 0 Å². The van der Waals surface area contributed by atoms with E-state index in [-0.39, 0.29) is 12.5 Å². The number of nitrogens with one attached hydrogen (secondary N) is 1. The zero-order valence-electron chi connectivity index (χ0n) is 20.9. The van der Waals surface area contributed by atoms with Crippen molar-refractivity contribution in [3.63, 3.8) is 0 Å². The Morgan fingerprint density at radius 1 is 0.946 bits per heavy atom. The summed E-state index contributed by atoms with van der Waals surface area (Å²) in [7, 11) is 4.70. The molecule has 2 aliphatic heterocycles. The molecule has 1 saturated carbocycles. The van der Waals surface area contributed by atoms with E-state index in [1.807, 2.05) is 54.6 Å². The van der Waals surface area contributed by atoms with Crippen molar-refractivity contribution in [2.24, 2.45) is 5.92 Å². The van der Waals surface area contributed by atoms with E-state index in [1.165, 1.54) is 7.11 Å². The summed E-state index contributed by atoms with van der Waals surface area (Å²) in [6.07, 6.45) is -0.911. The summed E-state index contributed by atoms with van der Waals surface area (Å²) in [4.78, 5) is 13.7. The maximum absolute atomic E-state index is 13.7. The second kappa shape index (κ2) is 8.68. The van der Waals surface area contributed by atoms with Crippen LogP contribution in [-0.2, 0) is 20.7 Å². The summed E-state index contributed by atoms with van der Waals surface area (Å²) >= 11 is 0. The summed E-state index contributed by atoms with van der Waals surface area (Å²) in [5.74, 6) is 0.474. The fraction of sp³-hybridized carbons (Fsp3) is 0.345. The van der Waals surface area contributed by atoms with E-state index in [0.29, 0.717) is 40.7 Å². The first-order valence-corrected chi connectivity index (χ1v) is 12.3. The van der Waals surface area contributed by atoms with E-state index in [4.69, 9.17) is 23.7 Å². The van der Waals surface area contributed by atoms with Crippen LogP contribution in [0.25, 0.3) is 0 Å². The van der Waals surface area contributed by atoms with E-state index in [0.717, 1.165) is 5.56 Å². The largest absolute Gasteiger partial charge is 0.497 e. The number of carbonyl (C=O) groups excluding carboxylic acids is 1. The van der Waals surface area contributed by atoms with Crippen molar-refractivity contribution in [2.45, 2.75) is 23.2 Å². The smallest absolute Gasteiger partial charge is 0.226 e. The average molecular weight is 504 g/mol. The number of ether oxygens (including phenoxy) is 5. The lowest BCUT2D eigenvalue weighted by atomic mass is 9.70. The van der Waals surface area contributed by atoms with E-state index in [9.17, 15) is 9.90 Å². The van der Waals surface area contributed by atoms with E-state index < -0.39 is 29.1 Å². The second-order valence-corrected chi connectivity index (χ2v) is 9.53. The summed E-state index contributed by atoms with van der Waals surface area (Å²) < 4.78 is 29.9. The average Bonchev–Trinajstić information content (AvgIpc) is 3.22. The molecular formula is C29H29NO7. The Morgan fingerprint density at radius 3 is 2.35 bits per heavy atom. The van der Waals surface area contributed by atoms with Crippen molar-refractivity contribution < 1.29 is 33.6 Å². The predicted octanol–water partition coefficient (Wildman–Crippen LogP) is 3.12. The molecule has 3 aromatic carbocycles. The van der Waals surface area contributed by atoms with Gasteiger partial charge in [0.05, 0.1) is 39.4 Å². The number of aliphatic hydroxyl groups is 1. The Labute approximate surface area is 215 Å². The fourth-order valence-electron chi connectivity index (χ4n) is 6.47. The van der Waals surface area contributed by atoms with Gasteiger partial charge < -0.3 is 34.1 Å². The first kappa shape index (κ1) is 23.6. The lowest BCUT2D eigenvalue weighted by Crippen LogP contribution is -2.52. The quantitative estimate of drug-likeness (QED) is 0.553.